The molecule has 0 aromatic carbocycles. The summed E-state index contributed by atoms with van der Waals surface area (Å²) in [4.78, 5) is 10.4. The van der Waals surface area contributed by atoms with Crippen molar-refractivity contribution in [3.05, 3.63) is 0 Å². The molecule has 0 bridgehead atoms. The van der Waals surface area contributed by atoms with Gasteiger partial charge in [-0.3, -0.25) is 0 Å². The van der Waals surface area contributed by atoms with Crippen LogP contribution in [0.3, 0.4) is 0 Å². The molecule has 0 fully saturated rings. The Kier molecular flexibility index (Phi) is 10.6. The van der Waals surface area contributed by atoms with Gasteiger partial charge in [0.2, 0.25) is 0 Å². The first kappa shape index (κ1) is 19.3. The first-order chi connectivity index (χ1) is 9.38. The zero-order valence-corrected chi connectivity index (χ0v) is 12.1. The van der Waals surface area contributed by atoms with Crippen molar-refractivity contribution in [2.45, 2.75) is 82.7 Å². The number of carboxylic acids is 1. The Hall–Kier alpha value is -0.690. The summed E-state index contributed by atoms with van der Waals surface area (Å²) in [6.45, 7) is 2.02. The molecule has 6 nitrogen and oxygen atoms in total. The molecule has 0 heterocycles. The fraction of sp³-hybridized carbons (Fsp3) is 0.929. The Morgan fingerprint density at radius 3 is 1.95 bits per heavy atom. The van der Waals surface area contributed by atoms with Crippen LogP contribution in [0.5, 0.6) is 0 Å². The van der Waals surface area contributed by atoms with Gasteiger partial charge in [-0.05, 0) is 19.3 Å². The zero-order valence-electron chi connectivity index (χ0n) is 12.1. The van der Waals surface area contributed by atoms with E-state index < -0.39 is 24.3 Å². The fourth-order valence-corrected chi connectivity index (χ4v) is 2.10. The lowest BCUT2D eigenvalue weighted by Crippen LogP contribution is -2.36. The quantitative estimate of drug-likeness (QED) is 0.337. The molecule has 0 spiro atoms. The molecule has 0 aliphatic rings. The van der Waals surface area contributed by atoms with Crippen LogP contribution in [0, 0.1) is 0 Å². The van der Waals surface area contributed by atoms with E-state index in [4.69, 9.17) is 10.2 Å². The van der Waals surface area contributed by atoms with Crippen molar-refractivity contribution >= 4 is 5.97 Å². The summed E-state index contributed by atoms with van der Waals surface area (Å²) < 4.78 is 0. The maximum atomic E-state index is 10.4. The van der Waals surface area contributed by atoms with Gasteiger partial charge in [0, 0.05) is 6.42 Å². The molecule has 4 atom stereocenters. The molecule has 4 unspecified atom stereocenters. The highest BCUT2D eigenvalue weighted by Crippen LogP contribution is 2.13. The molecule has 0 aliphatic carbocycles. The van der Waals surface area contributed by atoms with Gasteiger partial charge < -0.3 is 25.5 Å². The number of hydrogen-bond donors (Lipinski definition) is 5. The molecular formula is C14H28O6. The monoisotopic (exact) mass is 292 g/mol. The molecule has 0 radical (unpaired) electrons. The third-order valence-electron chi connectivity index (χ3n) is 3.33. The third-order valence-corrected chi connectivity index (χ3v) is 3.33. The van der Waals surface area contributed by atoms with Gasteiger partial charge in [-0.2, -0.15) is 0 Å². The lowest BCUT2D eigenvalue weighted by Gasteiger charge is -2.17. The lowest BCUT2D eigenvalue weighted by atomic mass is 10.0. The van der Waals surface area contributed by atoms with Crippen LogP contribution in [0.4, 0.5) is 0 Å². The Bertz CT molecular complexity index is 258. The van der Waals surface area contributed by atoms with Gasteiger partial charge in [0.15, 0.2) is 6.10 Å². The first-order valence-corrected chi connectivity index (χ1v) is 7.33. The molecule has 0 rings (SSSR count). The summed E-state index contributed by atoms with van der Waals surface area (Å²) in [5.41, 5.74) is 0. The molecular weight excluding hydrogens is 264 g/mol. The summed E-state index contributed by atoms with van der Waals surface area (Å²) in [7, 11) is 0. The second-order valence-corrected chi connectivity index (χ2v) is 5.32. The van der Waals surface area contributed by atoms with E-state index in [2.05, 4.69) is 0 Å². The summed E-state index contributed by atoms with van der Waals surface area (Å²) in [6.07, 6.45) is 0.953. The second-order valence-electron chi connectivity index (χ2n) is 5.32. The molecule has 20 heavy (non-hydrogen) atoms. The van der Waals surface area contributed by atoms with Crippen LogP contribution in [-0.2, 0) is 4.79 Å². The van der Waals surface area contributed by atoms with Gasteiger partial charge in [-0.15, -0.1) is 0 Å². The Morgan fingerprint density at radius 1 is 0.900 bits per heavy atom. The fourth-order valence-electron chi connectivity index (χ4n) is 2.10. The third kappa shape index (κ3) is 9.25. The lowest BCUT2D eigenvalue weighted by molar-refractivity contribution is -0.153. The van der Waals surface area contributed by atoms with E-state index in [0.29, 0.717) is 6.42 Å². The van der Waals surface area contributed by atoms with E-state index in [1.807, 2.05) is 6.92 Å². The topological polar surface area (TPSA) is 118 Å². The maximum absolute atomic E-state index is 10.4. The largest absolute Gasteiger partial charge is 0.479 e. The van der Waals surface area contributed by atoms with Gasteiger partial charge in [-0.25, -0.2) is 4.79 Å². The van der Waals surface area contributed by atoms with Crippen LogP contribution >= 0.6 is 0 Å². The van der Waals surface area contributed by atoms with Crippen LogP contribution in [0.15, 0.2) is 0 Å². The Morgan fingerprint density at radius 2 is 1.45 bits per heavy atom. The van der Waals surface area contributed by atoms with Gasteiger partial charge >= 0.3 is 5.97 Å². The number of aliphatic carboxylic acids is 1. The maximum Gasteiger partial charge on any atom is 0.335 e. The number of rotatable bonds is 12. The highest BCUT2D eigenvalue weighted by molar-refractivity contribution is 5.72. The number of unbranched alkanes of at least 4 members (excludes halogenated alkanes) is 2. The minimum Gasteiger partial charge on any atom is -0.479 e. The predicted octanol–water partition coefficient (Wildman–Crippen LogP) is 0.655. The highest BCUT2D eigenvalue weighted by Gasteiger charge is 2.25. The van der Waals surface area contributed by atoms with E-state index in [-0.39, 0.29) is 12.5 Å². The van der Waals surface area contributed by atoms with Crippen molar-refractivity contribution in [2.24, 2.45) is 0 Å². The number of carbonyl (C=O) groups is 1. The standard InChI is InChI=1S/C14H28O6/c1-2-6-10(15)7-4-3-5-8-11(16)9-12(17)13(18)14(19)20/h10-13,15-18H,2-9H2,1H3,(H,19,20). The smallest absolute Gasteiger partial charge is 0.335 e. The second kappa shape index (κ2) is 11.0. The molecule has 0 aromatic rings. The summed E-state index contributed by atoms with van der Waals surface area (Å²) in [5, 5.41) is 46.1. The van der Waals surface area contributed by atoms with Crippen molar-refractivity contribution in [3.8, 4) is 0 Å². The number of hydrogen-bond acceptors (Lipinski definition) is 5. The van der Waals surface area contributed by atoms with Crippen molar-refractivity contribution in [3.63, 3.8) is 0 Å². The van der Waals surface area contributed by atoms with E-state index >= 15 is 0 Å². The van der Waals surface area contributed by atoms with Crippen LogP contribution in [0.1, 0.15) is 58.3 Å². The van der Waals surface area contributed by atoms with Crippen molar-refractivity contribution < 1.29 is 30.3 Å². The van der Waals surface area contributed by atoms with E-state index in [1.165, 1.54) is 0 Å². The van der Waals surface area contributed by atoms with Gasteiger partial charge in [-0.1, -0.05) is 32.6 Å². The minimum absolute atomic E-state index is 0.147. The first-order valence-electron chi connectivity index (χ1n) is 7.33. The van der Waals surface area contributed by atoms with Gasteiger partial charge in [0.1, 0.15) is 0 Å². The van der Waals surface area contributed by atoms with Crippen LogP contribution in [0.2, 0.25) is 0 Å². The highest BCUT2D eigenvalue weighted by atomic mass is 16.4. The molecule has 120 valence electrons. The Balaban J connectivity index is 3.63. The summed E-state index contributed by atoms with van der Waals surface area (Å²) >= 11 is 0. The Labute approximate surface area is 120 Å². The van der Waals surface area contributed by atoms with Gasteiger partial charge in [0.25, 0.3) is 0 Å². The van der Waals surface area contributed by atoms with Crippen molar-refractivity contribution in [1.29, 1.82) is 0 Å². The van der Waals surface area contributed by atoms with E-state index in [9.17, 15) is 20.1 Å². The molecule has 6 heteroatoms. The normalized spacial score (nSPS) is 17.4. The average Bonchev–Trinajstić information content (AvgIpc) is 2.37. The number of aliphatic hydroxyl groups is 4. The zero-order chi connectivity index (χ0) is 15.5. The summed E-state index contributed by atoms with van der Waals surface area (Å²) in [6, 6.07) is 0. The average molecular weight is 292 g/mol. The molecule has 5 N–H and O–H groups in total. The van der Waals surface area contributed by atoms with E-state index in [1.54, 1.807) is 0 Å². The molecule has 0 aromatic heterocycles. The predicted molar refractivity (Wildman–Crippen MR) is 74.3 cm³/mol. The van der Waals surface area contributed by atoms with Crippen LogP contribution < -0.4 is 0 Å². The van der Waals surface area contributed by atoms with Crippen molar-refractivity contribution in [1.82, 2.24) is 0 Å². The van der Waals surface area contributed by atoms with Gasteiger partial charge in [0.05, 0.1) is 18.3 Å². The molecule has 0 saturated carbocycles. The number of carboxylic acid groups (broad SMARTS) is 1. The van der Waals surface area contributed by atoms with Crippen molar-refractivity contribution in [2.75, 3.05) is 0 Å². The van der Waals surface area contributed by atoms with Crippen LogP contribution in [-0.4, -0.2) is 55.9 Å². The SMILES string of the molecule is CCCC(O)CCCCCC(O)CC(O)C(O)C(=O)O. The molecule has 0 amide bonds. The molecule has 0 aliphatic heterocycles. The van der Waals surface area contributed by atoms with Crippen LogP contribution in [0.25, 0.3) is 0 Å². The summed E-state index contributed by atoms with van der Waals surface area (Å²) in [5.74, 6) is -1.49. The minimum atomic E-state index is -1.85. The van der Waals surface area contributed by atoms with E-state index in [0.717, 1.165) is 38.5 Å². The number of aliphatic hydroxyl groups excluding tert-OH is 4. The molecule has 0 saturated heterocycles.